The molecule has 1 heterocycles. The molecule has 6 heteroatoms. The molecule has 0 bridgehead atoms. The summed E-state index contributed by atoms with van der Waals surface area (Å²) in [7, 11) is 0. The molecule has 20 heavy (non-hydrogen) atoms. The van der Waals surface area contributed by atoms with Gasteiger partial charge in [-0.3, -0.25) is 0 Å². The molecule has 0 aliphatic carbocycles. The van der Waals surface area contributed by atoms with E-state index in [4.69, 9.17) is 21.6 Å². The predicted molar refractivity (Wildman–Crippen MR) is 75.7 cm³/mol. The second kappa shape index (κ2) is 6.92. The predicted octanol–water partition coefficient (Wildman–Crippen LogP) is 2.83. The molecule has 0 radical (unpaired) electrons. The van der Waals surface area contributed by atoms with Crippen molar-refractivity contribution in [3.63, 3.8) is 0 Å². The number of hydrogen-bond acceptors (Lipinski definition) is 4. The average molecular weight is 291 g/mol. The van der Waals surface area contributed by atoms with Crippen LogP contribution < -0.4 is 4.74 Å². The fourth-order valence-electron chi connectivity index (χ4n) is 1.88. The highest BCUT2D eigenvalue weighted by Gasteiger charge is 2.09. The van der Waals surface area contributed by atoms with Crippen molar-refractivity contribution in [1.29, 1.82) is 5.26 Å². The van der Waals surface area contributed by atoms with Crippen molar-refractivity contribution in [2.45, 2.75) is 26.3 Å². The van der Waals surface area contributed by atoms with Crippen LogP contribution in [0.4, 0.5) is 0 Å². The summed E-state index contributed by atoms with van der Waals surface area (Å²) in [5.74, 6) is 0.793. The van der Waals surface area contributed by atoms with Crippen molar-refractivity contribution < 1.29 is 4.74 Å². The monoisotopic (exact) mass is 290 g/mol. The molecule has 0 saturated carbocycles. The zero-order chi connectivity index (χ0) is 14.4. The maximum absolute atomic E-state index is 8.90. The van der Waals surface area contributed by atoms with Crippen molar-refractivity contribution in [1.82, 2.24) is 15.0 Å². The van der Waals surface area contributed by atoms with Gasteiger partial charge in [0, 0.05) is 18.0 Å². The van der Waals surface area contributed by atoms with Crippen LogP contribution in [-0.2, 0) is 13.0 Å². The molecule has 0 unspecified atom stereocenters. The van der Waals surface area contributed by atoms with Gasteiger partial charge in [0.15, 0.2) is 5.69 Å². The Balaban J connectivity index is 1.83. The lowest BCUT2D eigenvalue weighted by Gasteiger charge is -2.07. The first-order chi connectivity index (χ1) is 9.74. The number of rotatable bonds is 6. The van der Waals surface area contributed by atoms with E-state index in [1.165, 1.54) is 0 Å². The molecule has 104 valence electrons. The molecule has 0 atom stereocenters. The first kappa shape index (κ1) is 14.4. The van der Waals surface area contributed by atoms with Gasteiger partial charge in [-0.1, -0.05) is 23.7 Å². The van der Waals surface area contributed by atoms with Gasteiger partial charge in [-0.15, -0.1) is 5.10 Å². The van der Waals surface area contributed by atoms with Crippen LogP contribution in [-0.4, -0.2) is 21.6 Å². The molecule has 0 saturated heterocycles. The Labute approximate surface area is 122 Å². The van der Waals surface area contributed by atoms with E-state index in [0.29, 0.717) is 23.9 Å². The van der Waals surface area contributed by atoms with Crippen molar-refractivity contribution in [3.8, 4) is 11.8 Å². The highest BCUT2D eigenvalue weighted by molar-refractivity contribution is 6.30. The third kappa shape index (κ3) is 3.49. The van der Waals surface area contributed by atoms with Gasteiger partial charge in [0.1, 0.15) is 11.8 Å². The second-order valence-corrected chi connectivity index (χ2v) is 4.67. The highest BCUT2D eigenvalue weighted by atomic mass is 35.5. The number of ether oxygens (including phenoxy) is 1. The molecule has 1 aromatic carbocycles. The van der Waals surface area contributed by atoms with Crippen LogP contribution in [0.3, 0.4) is 0 Å². The molecule has 0 amide bonds. The Morgan fingerprint density at radius 1 is 1.35 bits per heavy atom. The smallest absolute Gasteiger partial charge is 0.185 e. The summed E-state index contributed by atoms with van der Waals surface area (Å²) in [6.07, 6.45) is 1.54. The summed E-state index contributed by atoms with van der Waals surface area (Å²) in [4.78, 5) is 0. The van der Waals surface area contributed by atoms with Gasteiger partial charge in [0.2, 0.25) is 0 Å². The SMILES string of the molecule is CCc1c(C#N)nnn1CCCOc1ccc(Cl)cc1. The van der Waals surface area contributed by atoms with Crippen LogP contribution in [0.15, 0.2) is 24.3 Å². The van der Waals surface area contributed by atoms with Crippen LogP contribution in [0.5, 0.6) is 5.75 Å². The number of benzene rings is 1. The van der Waals surface area contributed by atoms with E-state index in [2.05, 4.69) is 16.4 Å². The van der Waals surface area contributed by atoms with Gasteiger partial charge >= 0.3 is 0 Å². The Morgan fingerprint density at radius 3 is 2.75 bits per heavy atom. The van der Waals surface area contributed by atoms with E-state index in [9.17, 15) is 0 Å². The summed E-state index contributed by atoms with van der Waals surface area (Å²) in [6, 6.07) is 9.31. The molecule has 2 rings (SSSR count). The van der Waals surface area contributed by atoms with Crippen LogP contribution in [0.1, 0.15) is 24.7 Å². The average Bonchev–Trinajstić information content (AvgIpc) is 2.87. The number of aryl methyl sites for hydroxylation is 1. The maximum Gasteiger partial charge on any atom is 0.185 e. The normalized spacial score (nSPS) is 10.2. The van der Waals surface area contributed by atoms with Crippen molar-refractivity contribution >= 4 is 11.6 Å². The highest BCUT2D eigenvalue weighted by Crippen LogP contribution is 2.15. The van der Waals surface area contributed by atoms with E-state index in [-0.39, 0.29) is 0 Å². The van der Waals surface area contributed by atoms with Gasteiger partial charge in [-0.25, -0.2) is 4.68 Å². The van der Waals surface area contributed by atoms with Gasteiger partial charge in [0.25, 0.3) is 0 Å². The Hall–Kier alpha value is -2.06. The van der Waals surface area contributed by atoms with Crippen molar-refractivity contribution in [3.05, 3.63) is 40.7 Å². The summed E-state index contributed by atoms with van der Waals surface area (Å²) in [6.45, 7) is 3.25. The van der Waals surface area contributed by atoms with E-state index in [0.717, 1.165) is 24.3 Å². The molecule has 0 spiro atoms. The van der Waals surface area contributed by atoms with Crippen molar-refractivity contribution in [2.75, 3.05) is 6.61 Å². The Kier molecular flexibility index (Phi) is 4.97. The van der Waals surface area contributed by atoms with E-state index >= 15 is 0 Å². The summed E-state index contributed by atoms with van der Waals surface area (Å²) in [5, 5.41) is 17.4. The lowest BCUT2D eigenvalue weighted by atomic mass is 10.2. The van der Waals surface area contributed by atoms with Crippen LogP contribution in [0, 0.1) is 11.3 Å². The molecular formula is C14H15ClN4O. The fraction of sp³-hybridized carbons (Fsp3) is 0.357. The zero-order valence-electron chi connectivity index (χ0n) is 11.2. The number of hydrogen-bond donors (Lipinski definition) is 0. The minimum absolute atomic E-state index is 0.408. The molecule has 0 fully saturated rings. The summed E-state index contributed by atoms with van der Waals surface area (Å²) >= 11 is 5.80. The standard InChI is InChI=1S/C14H15ClN4O/c1-2-14-13(10-16)17-18-19(14)8-3-9-20-12-6-4-11(15)5-7-12/h4-7H,2-3,8-9H2,1H3. The number of nitrogens with zero attached hydrogens (tertiary/aromatic N) is 4. The zero-order valence-corrected chi connectivity index (χ0v) is 12.0. The molecule has 5 nitrogen and oxygen atoms in total. The van der Waals surface area contributed by atoms with E-state index in [1.54, 1.807) is 16.8 Å². The topological polar surface area (TPSA) is 63.7 Å². The number of nitriles is 1. The molecule has 0 aliphatic rings. The van der Waals surface area contributed by atoms with Gasteiger partial charge in [-0.05, 0) is 30.7 Å². The van der Waals surface area contributed by atoms with Crippen LogP contribution in [0.25, 0.3) is 0 Å². The molecule has 0 N–H and O–H groups in total. The van der Waals surface area contributed by atoms with E-state index < -0.39 is 0 Å². The number of aromatic nitrogens is 3. The number of halogens is 1. The van der Waals surface area contributed by atoms with Gasteiger partial charge in [0.05, 0.1) is 12.3 Å². The van der Waals surface area contributed by atoms with E-state index in [1.807, 2.05) is 19.1 Å². The minimum Gasteiger partial charge on any atom is -0.494 e. The lowest BCUT2D eigenvalue weighted by Crippen LogP contribution is -2.09. The van der Waals surface area contributed by atoms with Crippen molar-refractivity contribution in [2.24, 2.45) is 0 Å². The minimum atomic E-state index is 0.408. The van der Waals surface area contributed by atoms with Crippen LogP contribution in [0.2, 0.25) is 5.02 Å². The third-order valence-corrected chi connectivity index (χ3v) is 3.13. The van der Waals surface area contributed by atoms with Gasteiger partial charge in [-0.2, -0.15) is 5.26 Å². The summed E-state index contributed by atoms with van der Waals surface area (Å²) < 4.78 is 7.37. The maximum atomic E-state index is 8.90. The Morgan fingerprint density at radius 2 is 2.10 bits per heavy atom. The molecule has 0 aliphatic heterocycles. The molecule has 2 aromatic rings. The fourth-order valence-corrected chi connectivity index (χ4v) is 2.01. The Bertz CT molecular complexity index is 601. The largest absolute Gasteiger partial charge is 0.494 e. The first-order valence-corrected chi connectivity index (χ1v) is 6.83. The second-order valence-electron chi connectivity index (χ2n) is 4.23. The molecular weight excluding hydrogens is 276 g/mol. The third-order valence-electron chi connectivity index (χ3n) is 2.88. The molecule has 1 aromatic heterocycles. The summed E-state index contributed by atoms with van der Waals surface area (Å²) in [5.41, 5.74) is 1.28. The lowest BCUT2D eigenvalue weighted by molar-refractivity contribution is 0.297. The van der Waals surface area contributed by atoms with Gasteiger partial charge < -0.3 is 4.74 Å². The quantitative estimate of drug-likeness (QED) is 0.767. The van der Waals surface area contributed by atoms with Crippen LogP contribution >= 0.6 is 11.6 Å². The first-order valence-electron chi connectivity index (χ1n) is 6.45.